The van der Waals surface area contributed by atoms with E-state index in [0.717, 1.165) is 36.4 Å². The lowest BCUT2D eigenvalue weighted by atomic mass is 10.2. The van der Waals surface area contributed by atoms with Crippen molar-refractivity contribution in [1.29, 1.82) is 0 Å². The van der Waals surface area contributed by atoms with E-state index < -0.39 is 23.3 Å². The van der Waals surface area contributed by atoms with E-state index >= 15 is 0 Å². The van der Waals surface area contributed by atoms with Gasteiger partial charge in [-0.2, -0.15) is 0 Å². The zero-order valence-corrected chi connectivity index (χ0v) is 15.8. The molecule has 2 aromatic carbocycles. The summed E-state index contributed by atoms with van der Waals surface area (Å²) in [7, 11) is 0. The van der Waals surface area contributed by atoms with Crippen LogP contribution in [0.5, 0.6) is 0 Å². The Morgan fingerprint density at radius 2 is 1.44 bits per heavy atom. The quantitative estimate of drug-likeness (QED) is 0.301. The highest BCUT2D eigenvalue weighted by Crippen LogP contribution is 2.11. The number of aliphatic imine (C=N–C) groups is 1. The zero-order chi connectivity index (χ0) is 17.5. The maximum absolute atomic E-state index is 13.6. The maximum Gasteiger partial charge on any atom is 0.191 e. The number of guanidine groups is 1. The number of hydrogen-bond acceptors (Lipinski definition) is 1. The SMILES string of the molecule is CCNC(=NCc1cc(F)ccc1F)NCc1cc(F)ccc1F.I. The van der Waals surface area contributed by atoms with Crippen molar-refractivity contribution in [2.75, 3.05) is 6.54 Å². The van der Waals surface area contributed by atoms with E-state index in [2.05, 4.69) is 15.6 Å². The third kappa shape index (κ3) is 6.52. The fourth-order valence-electron chi connectivity index (χ4n) is 2.03. The summed E-state index contributed by atoms with van der Waals surface area (Å²) in [5, 5.41) is 5.72. The van der Waals surface area contributed by atoms with Gasteiger partial charge in [0.05, 0.1) is 6.54 Å². The molecule has 0 fully saturated rings. The molecule has 0 spiro atoms. The van der Waals surface area contributed by atoms with Gasteiger partial charge in [0.2, 0.25) is 0 Å². The Morgan fingerprint density at radius 3 is 2.04 bits per heavy atom. The van der Waals surface area contributed by atoms with E-state index in [1.807, 2.05) is 6.92 Å². The Bertz CT molecular complexity index is 738. The van der Waals surface area contributed by atoms with Gasteiger partial charge >= 0.3 is 0 Å². The van der Waals surface area contributed by atoms with Crippen molar-refractivity contribution in [1.82, 2.24) is 10.6 Å². The number of benzene rings is 2. The molecule has 0 unspecified atom stereocenters. The van der Waals surface area contributed by atoms with Crippen LogP contribution in [0.3, 0.4) is 0 Å². The van der Waals surface area contributed by atoms with E-state index in [0.29, 0.717) is 6.54 Å². The minimum atomic E-state index is -0.563. The average molecular weight is 467 g/mol. The van der Waals surface area contributed by atoms with Crippen molar-refractivity contribution in [2.45, 2.75) is 20.0 Å². The molecule has 2 N–H and O–H groups in total. The van der Waals surface area contributed by atoms with Crippen molar-refractivity contribution in [3.05, 3.63) is 70.8 Å². The smallest absolute Gasteiger partial charge is 0.191 e. The van der Waals surface area contributed by atoms with Crippen LogP contribution in [0.1, 0.15) is 18.1 Å². The van der Waals surface area contributed by atoms with Gasteiger partial charge < -0.3 is 10.6 Å². The second-order valence-electron chi connectivity index (χ2n) is 5.02. The Hall–Kier alpha value is -1.84. The van der Waals surface area contributed by atoms with E-state index in [4.69, 9.17) is 0 Å². The number of halogens is 5. The normalized spacial score (nSPS) is 11.0. The molecule has 0 aliphatic heterocycles. The molecular weight excluding hydrogens is 449 g/mol. The molecule has 0 amide bonds. The minimum Gasteiger partial charge on any atom is -0.357 e. The molecule has 25 heavy (non-hydrogen) atoms. The van der Waals surface area contributed by atoms with Gasteiger partial charge in [0.25, 0.3) is 0 Å². The largest absolute Gasteiger partial charge is 0.357 e. The number of hydrogen-bond donors (Lipinski definition) is 2. The molecule has 0 atom stereocenters. The van der Waals surface area contributed by atoms with Gasteiger partial charge in [-0.05, 0) is 43.3 Å². The third-order valence-electron chi connectivity index (χ3n) is 3.21. The summed E-state index contributed by atoms with van der Waals surface area (Å²) in [5.41, 5.74) is 0.238. The molecule has 3 nitrogen and oxygen atoms in total. The van der Waals surface area contributed by atoms with Gasteiger partial charge in [-0.25, -0.2) is 22.6 Å². The lowest BCUT2D eigenvalue weighted by Crippen LogP contribution is -2.37. The molecule has 0 heterocycles. The Kier molecular flexibility index (Phi) is 8.67. The highest BCUT2D eigenvalue weighted by Gasteiger charge is 2.07. The second kappa shape index (κ2) is 10.2. The van der Waals surface area contributed by atoms with Crippen LogP contribution in [0.4, 0.5) is 17.6 Å². The Morgan fingerprint density at radius 1 is 0.880 bits per heavy atom. The molecule has 0 aliphatic carbocycles. The molecular formula is C17H18F4IN3. The number of rotatable bonds is 5. The van der Waals surface area contributed by atoms with Gasteiger partial charge in [0.15, 0.2) is 5.96 Å². The zero-order valence-electron chi connectivity index (χ0n) is 13.5. The first-order valence-corrected chi connectivity index (χ1v) is 7.39. The van der Waals surface area contributed by atoms with Crippen LogP contribution < -0.4 is 10.6 Å². The van der Waals surface area contributed by atoms with Gasteiger partial charge in [-0.1, -0.05) is 0 Å². The summed E-state index contributed by atoms with van der Waals surface area (Å²) in [5.74, 6) is -1.92. The van der Waals surface area contributed by atoms with Crippen LogP contribution in [-0.2, 0) is 13.1 Å². The standard InChI is InChI=1S/C17H17F4N3.HI/c1-2-22-17(23-9-11-7-13(18)3-5-15(11)20)24-10-12-8-14(19)4-6-16(12)21;/h3-8H,2,9-10H2,1H3,(H2,22,23,24);1H. The first-order chi connectivity index (χ1) is 11.5. The summed E-state index contributed by atoms with van der Waals surface area (Å²) in [6.07, 6.45) is 0. The molecule has 0 aliphatic rings. The average Bonchev–Trinajstić information content (AvgIpc) is 2.56. The molecule has 0 radical (unpaired) electrons. The molecule has 2 aromatic rings. The van der Waals surface area contributed by atoms with Crippen molar-refractivity contribution in [3.8, 4) is 0 Å². The molecule has 0 saturated carbocycles. The highest BCUT2D eigenvalue weighted by atomic mass is 127. The lowest BCUT2D eigenvalue weighted by Gasteiger charge is -2.12. The van der Waals surface area contributed by atoms with Gasteiger partial charge in [-0.15, -0.1) is 24.0 Å². The van der Waals surface area contributed by atoms with E-state index in [1.165, 1.54) is 0 Å². The summed E-state index contributed by atoms with van der Waals surface area (Å²) in [4.78, 5) is 4.12. The third-order valence-corrected chi connectivity index (χ3v) is 3.21. The fourth-order valence-corrected chi connectivity index (χ4v) is 2.03. The van der Waals surface area contributed by atoms with Gasteiger partial charge in [-0.3, -0.25) is 0 Å². The van der Waals surface area contributed by atoms with Crippen molar-refractivity contribution in [3.63, 3.8) is 0 Å². The van der Waals surface area contributed by atoms with Crippen LogP contribution in [0.15, 0.2) is 41.4 Å². The van der Waals surface area contributed by atoms with Gasteiger partial charge in [0, 0.05) is 24.2 Å². The van der Waals surface area contributed by atoms with Crippen LogP contribution in [0.2, 0.25) is 0 Å². The van der Waals surface area contributed by atoms with Crippen LogP contribution >= 0.6 is 24.0 Å². The molecule has 0 aromatic heterocycles. The van der Waals surface area contributed by atoms with E-state index in [9.17, 15) is 17.6 Å². The molecule has 0 bridgehead atoms. The summed E-state index contributed by atoms with van der Waals surface area (Å²) < 4.78 is 53.5. The molecule has 8 heteroatoms. The predicted molar refractivity (Wildman–Crippen MR) is 99.8 cm³/mol. The topological polar surface area (TPSA) is 36.4 Å². The number of nitrogens with one attached hydrogen (secondary N) is 2. The predicted octanol–water partition coefficient (Wildman–Crippen LogP) is 4.12. The number of nitrogens with zero attached hydrogens (tertiary/aromatic N) is 1. The Labute approximate surface area is 160 Å². The lowest BCUT2D eigenvalue weighted by molar-refractivity contribution is 0.580. The second-order valence-corrected chi connectivity index (χ2v) is 5.02. The molecule has 0 saturated heterocycles. The molecule has 2 rings (SSSR count). The summed E-state index contributed by atoms with van der Waals surface area (Å²) in [6.45, 7) is 2.25. The first-order valence-electron chi connectivity index (χ1n) is 7.39. The summed E-state index contributed by atoms with van der Waals surface area (Å²) in [6, 6.07) is 6.28. The highest BCUT2D eigenvalue weighted by molar-refractivity contribution is 14.0. The fraction of sp³-hybridized carbons (Fsp3) is 0.235. The monoisotopic (exact) mass is 467 g/mol. The van der Waals surface area contributed by atoms with E-state index in [-0.39, 0.29) is 54.2 Å². The maximum atomic E-state index is 13.6. The van der Waals surface area contributed by atoms with E-state index in [1.54, 1.807) is 0 Å². The van der Waals surface area contributed by atoms with Gasteiger partial charge in [0.1, 0.15) is 23.3 Å². The van der Waals surface area contributed by atoms with Crippen molar-refractivity contribution in [2.24, 2.45) is 4.99 Å². The van der Waals surface area contributed by atoms with Crippen LogP contribution in [-0.4, -0.2) is 12.5 Å². The first kappa shape index (κ1) is 21.2. The van der Waals surface area contributed by atoms with Crippen LogP contribution in [0, 0.1) is 23.3 Å². The van der Waals surface area contributed by atoms with Crippen LogP contribution in [0.25, 0.3) is 0 Å². The minimum absolute atomic E-state index is 0. The Balaban J connectivity index is 0.00000312. The van der Waals surface area contributed by atoms with Crippen molar-refractivity contribution < 1.29 is 17.6 Å². The summed E-state index contributed by atoms with van der Waals surface area (Å²) >= 11 is 0. The molecule has 136 valence electrons. The van der Waals surface area contributed by atoms with Crippen molar-refractivity contribution >= 4 is 29.9 Å².